The van der Waals surface area contributed by atoms with Crippen molar-refractivity contribution in [3.05, 3.63) is 12.2 Å². The van der Waals surface area contributed by atoms with Gasteiger partial charge in [-0.2, -0.15) is 11.8 Å². The van der Waals surface area contributed by atoms with Crippen LogP contribution >= 0.6 is 11.8 Å². The summed E-state index contributed by atoms with van der Waals surface area (Å²) in [5, 5.41) is 0.742. The van der Waals surface area contributed by atoms with Crippen molar-refractivity contribution in [2.75, 3.05) is 5.75 Å². The zero-order valence-electron chi connectivity index (χ0n) is 7.42. The molecule has 0 aromatic heterocycles. The smallest absolute Gasteiger partial charge is 0.124 e. The average molecular weight is 184 g/mol. The van der Waals surface area contributed by atoms with Gasteiger partial charge in [0, 0.05) is 11.7 Å². The fourth-order valence-electron chi connectivity index (χ4n) is 1.49. The first kappa shape index (κ1) is 9.85. The molecule has 0 aliphatic carbocycles. The molecule has 0 spiro atoms. The molecule has 0 saturated carbocycles. The van der Waals surface area contributed by atoms with Crippen molar-refractivity contribution in [2.45, 2.75) is 37.4 Å². The minimum atomic E-state index is 0.553. The molecule has 68 valence electrons. The van der Waals surface area contributed by atoms with Gasteiger partial charge < -0.3 is 4.79 Å². The number of hydrogen-bond acceptors (Lipinski definition) is 2. The zero-order valence-corrected chi connectivity index (χ0v) is 8.24. The minimum absolute atomic E-state index is 0.553. The minimum Gasteiger partial charge on any atom is -0.303 e. The fourth-order valence-corrected chi connectivity index (χ4v) is 2.88. The lowest BCUT2D eigenvalue weighted by Gasteiger charge is -2.21. The van der Waals surface area contributed by atoms with Crippen molar-refractivity contribution in [1.29, 1.82) is 0 Å². The largest absolute Gasteiger partial charge is 0.303 e. The molecule has 1 aliphatic heterocycles. The number of thioether (sulfide) groups is 1. The predicted molar refractivity (Wildman–Crippen MR) is 54.5 cm³/mol. The van der Waals surface area contributed by atoms with Gasteiger partial charge in [0.2, 0.25) is 0 Å². The molecule has 0 aromatic rings. The van der Waals surface area contributed by atoms with Crippen LogP contribution in [0.15, 0.2) is 12.2 Å². The lowest BCUT2D eigenvalue weighted by atomic mass is 10.1. The second-order valence-electron chi connectivity index (χ2n) is 3.31. The topological polar surface area (TPSA) is 17.1 Å². The van der Waals surface area contributed by atoms with Gasteiger partial charge in [0.1, 0.15) is 6.29 Å². The predicted octanol–water partition coefficient (Wildman–Crippen LogP) is 2.81. The van der Waals surface area contributed by atoms with Gasteiger partial charge in [-0.05, 0) is 25.0 Å². The number of hydrogen-bond donors (Lipinski definition) is 0. The Kier molecular flexibility index (Phi) is 4.44. The van der Waals surface area contributed by atoms with Crippen LogP contribution in [0.25, 0.3) is 0 Å². The molecule has 1 rings (SSSR count). The first-order chi connectivity index (χ1) is 5.83. The maximum atomic E-state index is 10.2. The molecule has 0 amide bonds. The molecule has 1 unspecified atom stereocenters. The Balaban J connectivity index is 2.19. The Morgan fingerprint density at radius 3 is 3.00 bits per heavy atom. The molecule has 1 aliphatic rings. The van der Waals surface area contributed by atoms with Gasteiger partial charge in [-0.25, -0.2) is 0 Å². The van der Waals surface area contributed by atoms with E-state index in [0.717, 1.165) is 23.5 Å². The molecule has 0 aromatic carbocycles. The summed E-state index contributed by atoms with van der Waals surface area (Å²) in [5.41, 5.74) is 1.10. The van der Waals surface area contributed by atoms with Crippen LogP contribution in [0.5, 0.6) is 0 Å². The molecular weight excluding hydrogens is 168 g/mol. The first-order valence-electron chi connectivity index (χ1n) is 4.55. The molecule has 1 fully saturated rings. The molecule has 12 heavy (non-hydrogen) atoms. The molecular formula is C10H16OS. The quantitative estimate of drug-likeness (QED) is 0.493. The van der Waals surface area contributed by atoms with Gasteiger partial charge in [0.15, 0.2) is 0 Å². The highest BCUT2D eigenvalue weighted by Gasteiger charge is 2.14. The second kappa shape index (κ2) is 5.41. The summed E-state index contributed by atoms with van der Waals surface area (Å²) in [6, 6.07) is 0. The normalized spacial score (nSPS) is 23.5. The molecule has 0 radical (unpaired) electrons. The van der Waals surface area contributed by atoms with Gasteiger partial charge in [-0.15, -0.1) is 0 Å². The summed E-state index contributed by atoms with van der Waals surface area (Å²) in [5.74, 6) is 1.29. The van der Waals surface area contributed by atoms with Crippen LogP contribution in [0, 0.1) is 0 Å². The van der Waals surface area contributed by atoms with E-state index in [4.69, 9.17) is 0 Å². The average Bonchev–Trinajstić information content (AvgIpc) is 2.06. The Labute approximate surface area is 78.6 Å². The molecule has 1 saturated heterocycles. The van der Waals surface area contributed by atoms with E-state index in [2.05, 4.69) is 6.58 Å². The number of rotatable bonds is 4. The summed E-state index contributed by atoms with van der Waals surface area (Å²) < 4.78 is 0. The number of allylic oxidation sites excluding steroid dienone is 1. The summed E-state index contributed by atoms with van der Waals surface area (Å²) >= 11 is 2.04. The molecule has 0 bridgehead atoms. The lowest BCUT2D eigenvalue weighted by molar-refractivity contribution is -0.107. The van der Waals surface area contributed by atoms with Crippen molar-refractivity contribution in [1.82, 2.24) is 0 Å². The van der Waals surface area contributed by atoms with E-state index < -0.39 is 0 Å². The van der Waals surface area contributed by atoms with Gasteiger partial charge in [-0.1, -0.05) is 18.6 Å². The third kappa shape index (κ3) is 3.44. The van der Waals surface area contributed by atoms with Crippen LogP contribution in [-0.2, 0) is 4.79 Å². The van der Waals surface area contributed by atoms with Crippen LogP contribution in [0.3, 0.4) is 0 Å². The molecule has 2 heteroatoms. The fraction of sp³-hybridized carbons (Fsp3) is 0.700. The first-order valence-corrected chi connectivity index (χ1v) is 5.59. The second-order valence-corrected chi connectivity index (χ2v) is 4.72. The van der Waals surface area contributed by atoms with E-state index in [1.54, 1.807) is 0 Å². The maximum Gasteiger partial charge on any atom is 0.124 e. The van der Waals surface area contributed by atoms with Crippen LogP contribution in [0.1, 0.15) is 32.1 Å². The van der Waals surface area contributed by atoms with Crippen molar-refractivity contribution in [3.63, 3.8) is 0 Å². The number of carbonyl (C=O) groups is 1. The van der Waals surface area contributed by atoms with Crippen molar-refractivity contribution in [2.24, 2.45) is 0 Å². The number of aldehydes is 1. The van der Waals surface area contributed by atoms with Crippen molar-refractivity contribution in [3.8, 4) is 0 Å². The molecule has 1 nitrogen and oxygen atoms in total. The van der Waals surface area contributed by atoms with E-state index >= 15 is 0 Å². The third-order valence-corrected chi connectivity index (χ3v) is 3.56. The zero-order chi connectivity index (χ0) is 8.81. The van der Waals surface area contributed by atoms with Gasteiger partial charge in [0.25, 0.3) is 0 Å². The highest BCUT2D eigenvalue weighted by molar-refractivity contribution is 7.99. The summed E-state index contributed by atoms with van der Waals surface area (Å²) in [6.07, 6.45) is 6.58. The number of carbonyl (C=O) groups excluding carboxylic acids is 1. The van der Waals surface area contributed by atoms with E-state index in [9.17, 15) is 4.79 Å². The summed E-state index contributed by atoms with van der Waals surface area (Å²) in [7, 11) is 0. The summed E-state index contributed by atoms with van der Waals surface area (Å²) in [4.78, 5) is 10.2. The van der Waals surface area contributed by atoms with E-state index in [1.807, 2.05) is 11.8 Å². The third-order valence-electron chi connectivity index (χ3n) is 2.16. The summed E-state index contributed by atoms with van der Waals surface area (Å²) in [6.45, 7) is 3.89. The highest BCUT2D eigenvalue weighted by atomic mass is 32.2. The Morgan fingerprint density at radius 1 is 1.58 bits per heavy atom. The van der Waals surface area contributed by atoms with E-state index in [1.165, 1.54) is 25.0 Å². The maximum absolute atomic E-state index is 10.2. The Bertz CT molecular complexity index is 159. The van der Waals surface area contributed by atoms with Gasteiger partial charge in [0.05, 0.1) is 0 Å². The lowest BCUT2D eigenvalue weighted by Crippen LogP contribution is -2.10. The Hall–Kier alpha value is -0.240. The van der Waals surface area contributed by atoms with Crippen LogP contribution in [0.2, 0.25) is 0 Å². The van der Waals surface area contributed by atoms with Gasteiger partial charge >= 0.3 is 0 Å². The SMILES string of the molecule is C=C(CC=O)CC1CCCCS1. The van der Waals surface area contributed by atoms with Crippen molar-refractivity contribution >= 4 is 18.0 Å². The van der Waals surface area contributed by atoms with Crippen LogP contribution in [0.4, 0.5) is 0 Å². The highest BCUT2D eigenvalue weighted by Crippen LogP contribution is 2.29. The van der Waals surface area contributed by atoms with E-state index in [0.29, 0.717) is 6.42 Å². The van der Waals surface area contributed by atoms with Crippen LogP contribution in [-0.4, -0.2) is 17.3 Å². The Morgan fingerprint density at radius 2 is 2.42 bits per heavy atom. The molecule has 1 atom stereocenters. The van der Waals surface area contributed by atoms with Gasteiger partial charge in [-0.3, -0.25) is 0 Å². The van der Waals surface area contributed by atoms with Crippen LogP contribution < -0.4 is 0 Å². The van der Waals surface area contributed by atoms with E-state index in [-0.39, 0.29) is 0 Å². The standard InChI is InChI=1S/C10H16OS/c1-9(5-6-11)8-10-4-2-3-7-12-10/h6,10H,1-5,7-8H2. The molecule has 1 heterocycles. The molecule has 0 N–H and O–H groups in total. The monoisotopic (exact) mass is 184 g/mol. The van der Waals surface area contributed by atoms with Crippen molar-refractivity contribution < 1.29 is 4.79 Å².